The molecule has 0 amide bonds. The average molecular weight is 286 g/mol. The number of nitro groups is 1. The molecular formula is C11H12BrNO3. The number of nitrogens with zero attached hydrogens (tertiary/aromatic N) is 1. The Hall–Kier alpha value is -1.36. The topological polar surface area (TPSA) is 52.4 Å². The first-order chi connectivity index (χ1) is 7.65. The van der Waals surface area contributed by atoms with Crippen molar-refractivity contribution in [3.05, 3.63) is 44.9 Å². The lowest BCUT2D eigenvalue weighted by Crippen LogP contribution is -1.99. The summed E-state index contributed by atoms with van der Waals surface area (Å²) in [4.78, 5) is 10.3. The van der Waals surface area contributed by atoms with E-state index in [0.717, 1.165) is 10.9 Å². The fourth-order valence-corrected chi connectivity index (χ4v) is 1.50. The van der Waals surface area contributed by atoms with Crippen LogP contribution in [0.1, 0.15) is 13.3 Å². The molecule has 0 saturated carbocycles. The summed E-state index contributed by atoms with van der Waals surface area (Å²) in [6.07, 6.45) is 4.60. The summed E-state index contributed by atoms with van der Waals surface area (Å²) in [6, 6.07) is 4.65. The van der Waals surface area contributed by atoms with Crippen molar-refractivity contribution >= 4 is 21.6 Å². The summed E-state index contributed by atoms with van der Waals surface area (Å²) in [7, 11) is 0. The van der Waals surface area contributed by atoms with Gasteiger partial charge < -0.3 is 4.74 Å². The van der Waals surface area contributed by atoms with Gasteiger partial charge in [-0.15, -0.1) is 0 Å². The van der Waals surface area contributed by atoms with Crippen LogP contribution in [0.4, 0.5) is 5.69 Å². The predicted octanol–water partition coefficient (Wildman–Crippen LogP) is 3.70. The smallest absolute Gasteiger partial charge is 0.310 e. The third-order valence-electron chi connectivity index (χ3n) is 1.90. The minimum atomic E-state index is -0.447. The summed E-state index contributed by atoms with van der Waals surface area (Å²) in [6.45, 7) is 2.35. The fourth-order valence-electron chi connectivity index (χ4n) is 1.16. The Balaban J connectivity index is 2.76. The van der Waals surface area contributed by atoms with Crippen LogP contribution in [0.25, 0.3) is 0 Å². The molecule has 5 heteroatoms. The molecule has 0 N–H and O–H groups in total. The molecule has 1 aromatic rings. The van der Waals surface area contributed by atoms with Crippen LogP contribution in [0.3, 0.4) is 0 Å². The van der Waals surface area contributed by atoms with Crippen molar-refractivity contribution in [1.82, 2.24) is 0 Å². The summed E-state index contributed by atoms with van der Waals surface area (Å²) in [5.74, 6) is 0.295. The van der Waals surface area contributed by atoms with Gasteiger partial charge in [0.2, 0.25) is 0 Å². The normalized spacial score (nSPS) is 10.6. The zero-order valence-electron chi connectivity index (χ0n) is 8.85. The molecule has 0 aromatic heterocycles. The summed E-state index contributed by atoms with van der Waals surface area (Å²) in [5.41, 5.74) is -0.0105. The first-order valence-electron chi connectivity index (χ1n) is 4.83. The maximum Gasteiger partial charge on any atom is 0.310 e. The van der Waals surface area contributed by atoms with E-state index in [-0.39, 0.29) is 5.69 Å². The molecule has 0 bridgehead atoms. The Morgan fingerprint density at radius 1 is 1.56 bits per heavy atom. The van der Waals surface area contributed by atoms with Crippen molar-refractivity contribution in [2.24, 2.45) is 0 Å². The van der Waals surface area contributed by atoms with Gasteiger partial charge in [0, 0.05) is 16.6 Å². The lowest BCUT2D eigenvalue weighted by Gasteiger charge is -2.05. The Labute approximate surface area is 102 Å². The van der Waals surface area contributed by atoms with Gasteiger partial charge in [-0.25, -0.2) is 0 Å². The first kappa shape index (κ1) is 12.7. The number of halogens is 1. The second-order valence-electron chi connectivity index (χ2n) is 3.08. The van der Waals surface area contributed by atoms with Crippen LogP contribution in [0.2, 0.25) is 0 Å². The number of benzene rings is 1. The molecule has 0 aliphatic heterocycles. The van der Waals surface area contributed by atoms with Gasteiger partial charge in [-0.3, -0.25) is 10.1 Å². The van der Waals surface area contributed by atoms with E-state index < -0.39 is 4.92 Å². The van der Waals surface area contributed by atoms with Crippen molar-refractivity contribution < 1.29 is 9.66 Å². The van der Waals surface area contributed by atoms with E-state index in [4.69, 9.17) is 4.74 Å². The maximum absolute atomic E-state index is 10.7. The summed E-state index contributed by atoms with van der Waals surface area (Å²) >= 11 is 3.25. The highest BCUT2D eigenvalue weighted by atomic mass is 79.9. The van der Waals surface area contributed by atoms with E-state index in [1.54, 1.807) is 12.1 Å². The van der Waals surface area contributed by atoms with Crippen molar-refractivity contribution in [1.29, 1.82) is 0 Å². The maximum atomic E-state index is 10.7. The minimum Gasteiger partial charge on any atom is -0.486 e. The van der Waals surface area contributed by atoms with E-state index >= 15 is 0 Å². The van der Waals surface area contributed by atoms with Crippen molar-refractivity contribution in [2.45, 2.75) is 13.3 Å². The zero-order chi connectivity index (χ0) is 12.0. The molecule has 0 saturated heterocycles. The molecule has 0 heterocycles. The van der Waals surface area contributed by atoms with Gasteiger partial charge in [0.1, 0.15) is 0 Å². The van der Waals surface area contributed by atoms with Gasteiger partial charge in [-0.05, 0) is 19.4 Å². The number of hydrogen-bond acceptors (Lipinski definition) is 3. The van der Waals surface area contributed by atoms with Gasteiger partial charge in [-0.1, -0.05) is 28.1 Å². The quantitative estimate of drug-likeness (QED) is 0.359. The molecule has 16 heavy (non-hydrogen) atoms. The lowest BCUT2D eigenvalue weighted by molar-refractivity contribution is -0.385. The third kappa shape index (κ3) is 3.66. The van der Waals surface area contributed by atoms with E-state index in [1.165, 1.54) is 6.07 Å². The SMILES string of the molecule is CC=CCCOc1cc(Br)ccc1[N+](=O)[O-]. The molecule has 0 spiro atoms. The molecule has 0 radical (unpaired) electrons. The monoisotopic (exact) mass is 285 g/mol. The molecule has 0 unspecified atom stereocenters. The van der Waals surface area contributed by atoms with Crippen molar-refractivity contribution in [2.75, 3.05) is 6.61 Å². The number of ether oxygens (including phenoxy) is 1. The summed E-state index contributed by atoms with van der Waals surface area (Å²) in [5, 5.41) is 10.7. The number of rotatable bonds is 5. The highest BCUT2D eigenvalue weighted by Crippen LogP contribution is 2.30. The Kier molecular flexibility index (Phi) is 4.98. The minimum absolute atomic E-state index is 0.0105. The van der Waals surface area contributed by atoms with Gasteiger partial charge in [-0.2, -0.15) is 0 Å². The van der Waals surface area contributed by atoms with Crippen LogP contribution in [0, 0.1) is 10.1 Å². The van der Waals surface area contributed by atoms with E-state index in [1.807, 2.05) is 19.1 Å². The molecule has 0 aliphatic rings. The number of allylic oxidation sites excluding steroid dienone is 1. The number of hydrogen-bond donors (Lipinski definition) is 0. The van der Waals surface area contributed by atoms with E-state index in [0.29, 0.717) is 12.4 Å². The Morgan fingerprint density at radius 3 is 2.94 bits per heavy atom. The summed E-state index contributed by atoms with van der Waals surface area (Å²) < 4.78 is 6.12. The van der Waals surface area contributed by atoms with Gasteiger partial charge in [0.05, 0.1) is 11.5 Å². The standard InChI is InChI=1S/C11H12BrNO3/c1-2-3-4-7-16-11-8-9(12)5-6-10(11)13(14)15/h2-3,5-6,8H,4,7H2,1H3. The average Bonchev–Trinajstić information content (AvgIpc) is 2.24. The largest absolute Gasteiger partial charge is 0.486 e. The van der Waals surface area contributed by atoms with E-state index in [2.05, 4.69) is 15.9 Å². The van der Waals surface area contributed by atoms with Crippen LogP contribution >= 0.6 is 15.9 Å². The van der Waals surface area contributed by atoms with Gasteiger partial charge in [0.15, 0.2) is 5.75 Å². The van der Waals surface area contributed by atoms with Crippen molar-refractivity contribution in [3.63, 3.8) is 0 Å². The third-order valence-corrected chi connectivity index (χ3v) is 2.39. The van der Waals surface area contributed by atoms with Crippen LogP contribution in [-0.2, 0) is 0 Å². The molecule has 4 nitrogen and oxygen atoms in total. The molecule has 0 fully saturated rings. The van der Waals surface area contributed by atoms with Crippen LogP contribution < -0.4 is 4.74 Å². The first-order valence-corrected chi connectivity index (χ1v) is 5.62. The fraction of sp³-hybridized carbons (Fsp3) is 0.273. The zero-order valence-corrected chi connectivity index (χ0v) is 10.4. The second-order valence-corrected chi connectivity index (χ2v) is 3.99. The molecule has 0 atom stereocenters. The van der Waals surface area contributed by atoms with E-state index in [9.17, 15) is 10.1 Å². The van der Waals surface area contributed by atoms with Crippen molar-refractivity contribution in [3.8, 4) is 5.75 Å². The Bertz CT molecular complexity index is 404. The van der Waals surface area contributed by atoms with Gasteiger partial charge >= 0.3 is 5.69 Å². The molecular weight excluding hydrogens is 274 g/mol. The van der Waals surface area contributed by atoms with Crippen LogP contribution in [0.5, 0.6) is 5.75 Å². The highest BCUT2D eigenvalue weighted by molar-refractivity contribution is 9.10. The Morgan fingerprint density at radius 2 is 2.31 bits per heavy atom. The van der Waals surface area contributed by atoms with Crippen LogP contribution in [0.15, 0.2) is 34.8 Å². The highest BCUT2D eigenvalue weighted by Gasteiger charge is 2.14. The molecule has 86 valence electrons. The van der Waals surface area contributed by atoms with Crippen LogP contribution in [-0.4, -0.2) is 11.5 Å². The molecule has 0 aliphatic carbocycles. The number of nitro benzene ring substituents is 1. The molecule has 1 rings (SSSR count). The lowest BCUT2D eigenvalue weighted by atomic mass is 10.3. The van der Waals surface area contributed by atoms with Gasteiger partial charge in [0.25, 0.3) is 0 Å². The molecule has 1 aromatic carbocycles. The predicted molar refractivity (Wildman–Crippen MR) is 65.7 cm³/mol. The second kappa shape index (κ2) is 6.27.